The maximum Gasteiger partial charge on any atom is 0.317 e. The molecule has 1 aliphatic carbocycles. The Morgan fingerprint density at radius 2 is 2.36 bits per heavy atom. The van der Waals surface area contributed by atoms with Gasteiger partial charge in [0.1, 0.15) is 12.0 Å². The third kappa shape index (κ3) is 0.826. The van der Waals surface area contributed by atoms with E-state index in [1.807, 2.05) is 0 Å². The average molecular weight is 156 g/mol. The van der Waals surface area contributed by atoms with Gasteiger partial charge in [-0.05, 0) is 18.9 Å². The molecule has 0 atom stereocenters. The van der Waals surface area contributed by atoms with Crippen molar-refractivity contribution in [3.05, 3.63) is 11.8 Å². The molecule has 1 fully saturated rings. The van der Waals surface area contributed by atoms with E-state index in [9.17, 15) is 4.79 Å². The molecule has 0 aromatic rings. The number of carboxylic acids is 1. The second kappa shape index (κ2) is 1.98. The minimum absolute atomic E-state index is 0.365. The molecule has 4 nitrogen and oxygen atoms in total. The zero-order valence-electron chi connectivity index (χ0n) is 5.87. The van der Waals surface area contributed by atoms with Crippen molar-refractivity contribution >= 4 is 5.97 Å². The van der Waals surface area contributed by atoms with E-state index in [-0.39, 0.29) is 0 Å². The van der Waals surface area contributed by atoms with Crippen LogP contribution in [-0.4, -0.2) is 17.7 Å². The molecule has 0 radical (unpaired) electrons. The Morgan fingerprint density at radius 1 is 1.64 bits per heavy atom. The van der Waals surface area contributed by atoms with Gasteiger partial charge in [0.25, 0.3) is 0 Å². The summed E-state index contributed by atoms with van der Waals surface area (Å²) in [7, 11) is 0. The van der Waals surface area contributed by atoms with Crippen molar-refractivity contribution in [1.82, 2.24) is 0 Å². The number of carbonyl (C=O) groups is 1. The van der Waals surface area contributed by atoms with Crippen molar-refractivity contribution in [3.8, 4) is 0 Å². The Labute approximate surface area is 63.3 Å². The fraction of sp³-hybridized carbons (Fsp3) is 0.571. The van der Waals surface area contributed by atoms with Crippen LogP contribution in [0.25, 0.3) is 0 Å². The Balaban J connectivity index is 2.20. The molecule has 0 bridgehead atoms. The van der Waals surface area contributed by atoms with E-state index < -0.39 is 11.4 Å². The first kappa shape index (κ1) is 6.67. The summed E-state index contributed by atoms with van der Waals surface area (Å²) in [4.78, 5) is 20.0. The molecule has 1 saturated carbocycles. The molecule has 1 heterocycles. The highest BCUT2D eigenvalue weighted by Crippen LogP contribution is 2.53. The molecule has 0 aromatic carbocycles. The van der Waals surface area contributed by atoms with Gasteiger partial charge in [-0.25, -0.2) is 0 Å². The van der Waals surface area contributed by atoms with Gasteiger partial charge in [0.2, 0.25) is 0 Å². The number of hydrogen-bond donors (Lipinski definition) is 1. The lowest BCUT2D eigenvalue weighted by atomic mass is 10.1. The summed E-state index contributed by atoms with van der Waals surface area (Å²) in [6, 6.07) is 0. The molecule has 2 rings (SSSR count). The van der Waals surface area contributed by atoms with Crippen LogP contribution in [0.3, 0.4) is 0 Å². The highest BCUT2D eigenvalue weighted by molar-refractivity contribution is 5.81. The highest BCUT2D eigenvalue weighted by Gasteiger charge is 2.56. The molecule has 4 heteroatoms. The van der Waals surface area contributed by atoms with E-state index in [4.69, 9.17) is 9.99 Å². The van der Waals surface area contributed by atoms with Crippen molar-refractivity contribution in [2.75, 3.05) is 6.61 Å². The van der Waals surface area contributed by atoms with Crippen molar-refractivity contribution in [2.45, 2.75) is 12.8 Å². The molecule has 0 saturated heterocycles. The van der Waals surface area contributed by atoms with E-state index in [2.05, 4.69) is 4.89 Å². The summed E-state index contributed by atoms with van der Waals surface area (Å²) < 4.78 is 0. The van der Waals surface area contributed by atoms with E-state index in [1.54, 1.807) is 6.08 Å². The first-order valence-electron chi connectivity index (χ1n) is 3.49. The molecular weight excluding hydrogens is 148 g/mol. The molecule has 11 heavy (non-hydrogen) atoms. The topological polar surface area (TPSA) is 55.8 Å². The van der Waals surface area contributed by atoms with Crippen LogP contribution in [0.15, 0.2) is 11.8 Å². The third-order valence-corrected chi connectivity index (χ3v) is 2.12. The Kier molecular flexibility index (Phi) is 1.20. The summed E-state index contributed by atoms with van der Waals surface area (Å²) in [5.74, 6) is -0.334. The number of carboxylic acid groups (broad SMARTS) is 1. The minimum Gasteiger partial charge on any atom is -0.480 e. The summed E-state index contributed by atoms with van der Waals surface area (Å²) in [5.41, 5.74) is -0.740. The van der Waals surface area contributed by atoms with Gasteiger partial charge in [0, 0.05) is 0 Å². The first-order chi connectivity index (χ1) is 5.26. The van der Waals surface area contributed by atoms with E-state index in [0.29, 0.717) is 25.2 Å². The fourth-order valence-electron chi connectivity index (χ4n) is 1.21. The molecule has 1 N–H and O–H groups in total. The quantitative estimate of drug-likeness (QED) is 0.598. The maximum atomic E-state index is 10.7. The molecule has 1 aliphatic heterocycles. The van der Waals surface area contributed by atoms with Crippen molar-refractivity contribution in [2.24, 2.45) is 5.41 Å². The van der Waals surface area contributed by atoms with Crippen LogP contribution in [0.5, 0.6) is 0 Å². The average Bonchev–Trinajstić information content (AvgIpc) is 2.61. The zero-order valence-corrected chi connectivity index (χ0v) is 5.87. The lowest BCUT2D eigenvalue weighted by molar-refractivity contribution is -0.241. The molecule has 0 amide bonds. The van der Waals surface area contributed by atoms with Crippen LogP contribution in [-0.2, 0) is 14.6 Å². The van der Waals surface area contributed by atoms with Crippen LogP contribution >= 0.6 is 0 Å². The van der Waals surface area contributed by atoms with Gasteiger partial charge < -0.3 is 9.99 Å². The summed E-state index contributed by atoms with van der Waals surface area (Å²) >= 11 is 0. The monoisotopic (exact) mass is 156 g/mol. The number of hydrogen-bond acceptors (Lipinski definition) is 3. The smallest absolute Gasteiger partial charge is 0.317 e. The van der Waals surface area contributed by atoms with E-state index >= 15 is 0 Å². The molecule has 0 aromatic heterocycles. The lowest BCUT2D eigenvalue weighted by Crippen LogP contribution is -2.17. The van der Waals surface area contributed by atoms with Crippen LogP contribution in [0, 0.1) is 5.41 Å². The molecule has 0 unspecified atom stereocenters. The molecule has 60 valence electrons. The van der Waals surface area contributed by atoms with Gasteiger partial charge in [-0.2, -0.15) is 4.89 Å². The second-order valence-corrected chi connectivity index (χ2v) is 2.82. The number of aliphatic carboxylic acids is 1. The van der Waals surface area contributed by atoms with Gasteiger partial charge >= 0.3 is 5.97 Å². The minimum atomic E-state index is -0.811. The first-order valence-corrected chi connectivity index (χ1v) is 3.49. The van der Waals surface area contributed by atoms with Crippen LogP contribution in [0.4, 0.5) is 0 Å². The Morgan fingerprint density at radius 3 is 2.73 bits per heavy atom. The van der Waals surface area contributed by atoms with Gasteiger partial charge in [-0.3, -0.25) is 4.79 Å². The third-order valence-electron chi connectivity index (χ3n) is 2.12. The Hall–Kier alpha value is -1.03. The largest absolute Gasteiger partial charge is 0.480 e. The van der Waals surface area contributed by atoms with Gasteiger partial charge in [0.15, 0.2) is 5.76 Å². The molecular formula is C7H8O4. The van der Waals surface area contributed by atoms with Crippen LogP contribution < -0.4 is 0 Å². The lowest BCUT2D eigenvalue weighted by Gasteiger charge is -2.07. The van der Waals surface area contributed by atoms with Crippen molar-refractivity contribution in [1.29, 1.82) is 0 Å². The Bertz CT molecular complexity index is 227. The highest BCUT2D eigenvalue weighted by atomic mass is 17.2. The summed E-state index contributed by atoms with van der Waals surface area (Å²) in [6.07, 6.45) is 3.01. The zero-order chi connectivity index (χ0) is 7.90. The standard InChI is InChI=1S/C7H8O4/c8-6(9)7(2-3-7)5-1-4-10-11-5/h1H,2-4H2,(H,8,9). The molecule has 0 spiro atoms. The van der Waals surface area contributed by atoms with Gasteiger partial charge in [-0.1, -0.05) is 0 Å². The predicted molar refractivity (Wildman–Crippen MR) is 34.4 cm³/mol. The van der Waals surface area contributed by atoms with Gasteiger partial charge in [-0.15, -0.1) is 0 Å². The van der Waals surface area contributed by atoms with E-state index in [0.717, 1.165) is 0 Å². The SMILES string of the molecule is O=C(O)C1(C2=CCOO2)CC1. The summed E-state index contributed by atoms with van der Waals surface area (Å²) in [5, 5.41) is 8.79. The second-order valence-electron chi connectivity index (χ2n) is 2.82. The molecule has 2 aliphatic rings. The summed E-state index contributed by atoms with van der Waals surface area (Å²) in [6.45, 7) is 0.365. The normalized spacial score (nSPS) is 25.6. The van der Waals surface area contributed by atoms with Crippen LogP contribution in [0.1, 0.15) is 12.8 Å². The van der Waals surface area contributed by atoms with Crippen LogP contribution in [0.2, 0.25) is 0 Å². The predicted octanol–water partition coefficient (Wildman–Crippen LogP) is 0.697. The van der Waals surface area contributed by atoms with Crippen molar-refractivity contribution < 1.29 is 19.7 Å². The maximum absolute atomic E-state index is 10.7. The van der Waals surface area contributed by atoms with Crippen molar-refractivity contribution in [3.63, 3.8) is 0 Å². The van der Waals surface area contributed by atoms with E-state index in [1.165, 1.54) is 0 Å². The van der Waals surface area contributed by atoms with Gasteiger partial charge in [0.05, 0.1) is 0 Å². The number of rotatable bonds is 2. The fourth-order valence-corrected chi connectivity index (χ4v) is 1.21.